The fourth-order valence-electron chi connectivity index (χ4n) is 2.42. The van der Waals surface area contributed by atoms with Crippen molar-refractivity contribution in [2.45, 2.75) is 10.1 Å². The smallest absolute Gasteiger partial charge is 0.277 e. The highest BCUT2D eigenvalue weighted by molar-refractivity contribution is 7.99. The molecular formula is C19H19N3O4S2. The summed E-state index contributed by atoms with van der Waals surface area (Å²) in [6, 6.07) is 13.0. The van der Waals surface area contributed by atoms with Gasteiger partial charge < -0.3 is 19.2 Å². The Labute approximate surface area is 171 Å². The van der Waals surface area contributed by atoms with Gasteiger partial charge in [0.1, 0.15) is 0 Å². The third kappa shape index (κ3) is 4.79. The van der Waals surface area contributed by atoms with E-state index >= 15 is 0 Å². The van der Waals surface area contributed by atoms with Crippen LogP contribution >= 0.6 is 23.5 Å². The van der Waals surface area contributed by atoms with Gasteiger partial charge in [-0.15, -0.1) is 22.0 Å². The standard InChI is InChI=1S/C19H19N3O4S2/c1-24-14-9-8-12(10-15(14)25-2)18-21-22-19(26-18)28-11-17(23)20-13-6-4-5-7-16(13)27-3/h4-10H,11H2,1-3H3,(H,20,23). The van der Waals surface area contributed by atoms with Crippen molar-refractivity contribution in [1.82, 2.24) is 10.2 Å². The summed E-state index contributed by atoms with van der Waals surface area (Å²) in [5.41, 5.74) is 1.49. The van der Waals surface area contributed by atoms with Crippen molar-refractivity contribution in [3.63, 3.8) is 0 Å². The second kappa shape index (κ2) is 9.52. The van der Waals surface area contributed by atoms with Crippen LogP contribution < -0.4 is 14.8 Å². The summed E-state index contributed by atoms with van der Waals surface area (Å²) in [6.45, 7) is 0. The molecule has 7 nitrogen and oxygen atoms in total. The third-order valence-corrected chi connectivity index (χ3v) is 5.36. The van der Waals surface area contributed by atoms with E-state index in [0.29, 0.717) is 28.2 Å². The van der Waals surface area contributed by atoms with Crippen LogP contribution in [-0.4, -0.2) is 42.3 Å². The Balaban J connectivity index is 1.62. The normalized spacial score (nSPS) is 10.5. The third-order valence-electron chi connectivity index (χ3n) is 3.74. The number of para-hydroxylation sites is 1. The zero-order valence-electron chi connectivity index (χ0n) is 15.6. The highest BCUT2D eigenvalue weighted by Gasteiger charge is 2.14. The maximum absolute atomic E-state index is 12.2. The molecule has 1 N–H and O–H groups in total. The summed E-state index contributed by atoms with van der Waals surface area (Å²) in [7, 11) is 3.13. The van der Waals surface area contributed by atoms with Crippen LogP contribution in [0.1, 0.15) is 0 Å². The molecule has 3 aromatic rings. The van der Waals surface area contributed by atoms with Gasteiger partial charge in [-0.1, -0.05) is 23.9 Å². The minimum Gasteiger partial charge on any atom is -0.493 e. The van der Waals surface area contributed by atoms with Gasteiger partial charge in [0.05, 0.1) is 25.7 Å². The van der Waals surface area contributed by atoms with Gasteiger partial charge in [-0.3, -0.25) is 4.79 Å². The monoisotopic (exact) mass is 417 g/mol. The van der Waals surface area contributed by atoms with E-state index in [2.05, 4.69) is 15.5 Å². The van der Waals surface area contributed by atoms with Gasteiger partial charge in [0.15, 0.2) is 11.5 Å². The van der Waals surface area contributed by atoms with Crippen molar-refractivity contribution in [2.75, 3.05) is 31.5 Å². The first-order valence-corrected chi connectivity index (χ1v) is 10.5. The predicted octanol–water partition coefficient (Wildman–Crippen LogP) is 4.21. The fourth-order valence-corrected chi connectivity index (χ4v) is 3.53. The molecule has 146 valence electrons. The molecule has 1 heterocycles. The van der Waals surface area contributed by atoms with E-state index in [1.54, 1.807) is 44.2 Å². The highest BCUT2D eigenvalue weighted by atomic mass is 32.2. The second-order valence-electron chi connectivity index (χ2n) is 5.48. The number of amides is 1. The zero-order chi connectivity index (χ0) is 19.9. The van der Waals surface area contributed by atoms with Crippen molar-refractivity contribution in [3.8, 4) is 23.0 Å². The maximum Gasteiger partial charge on any atom is 0.277 e. The lowest BCUT2D eigenvalue weighted by molar-refractivity contribution is -0.113. The van der Waals surface area contributed by atoms with Crippen LogP contribution in [0, 0.1) is 0 Å². The van der Waals surface area contributed by atoms with Crippen LogP contribution in [0.25, 0.3) is 11.5 Å². The van der Waals surface area contributed by atoms with E-state index in [-0.39, 0.29) is 11.7 Å². The number of nitrogens with one attached hydrogen (secondary N) is 1. The molecule has 0 radical (unpaired) electrons. The van der Waals surface area contributed by atoms with Gasteiger partial charge >= 0.3 is 0 Å². The van der Waals surface area contributed by atoms with Crippen LogP contribution in [0.3, 0.4) is 0 Å². The van der Waals surface area contributed by atoms with Crippen LogP contribution in [0.5, 0.6) is 11.5 Å². The minimum absolute atomic E-state index is 0.141. The van der Waals surface area contributed by atoms with E-state index in [9.17, 15) is 4.79 Å². The number of rotatable bonds is 8. The molecule has 0 aliphatic heterocycles. The van der Waals surface area contributed by atoms with Gasteiger partial charge in [0.2, 0.25) is 11.8 Å². The predicted molar refractivity (Wildman–Crippen MR) is 110 cm³/mol. The molecule has 0 atom stereocenters. The number of carbonyl (C=O) groups excluding carboxylic acids is 1. The van der Waals surface area contributed by atoms with Gasteiger partial charge in [0.25, 0.3) is 5.22 Å². The number of aromatic nitrogens is 2. The molecule has 1 amide bonds. The van der Waals surface area contributed by atoms with E-state index in [1.807, 2.05) is 30.5 Å². The summed E-state index contributed by atoms with van der Waals surface area (Å²) in [5.74, 6) is 1.55. The molecule has 0 fully saturated rings. The number of benzene rings is 2. The van der Waals surface area contributed by atoms with Crippen molar-refractivity contribution < 1.29 is 18.7 Å². The van der Waals surface area contributed by atoms with Crippen molar-refractivity contribution >= 4 is 35.1 Å². The summed E-state index contributed by atoms with van der Waals surface area (Å²) < 4.78 is 16.2. The van der Waals surface area contributed by atoms with E-state index in [4.69, 9.17) is 13.9 Å². The Morgan fingerprint density at radius 1 is 1.11 bits per heavy atom. The largest absolute Gasteiger partial charge is 0.493 e. The maximum atomic E-state index is 12.2. The van der Waals surface area contributed by atoms with Gasteiger partial charge in [0, 0.05) is 10.5 Å². The number of ether oxygens (including phenoxy) is 2. The number of hydrogen-bond donors (Lipinski definition) is 1. The number of methoxy groups -OCH3 is 2. The molecular weight excluding hydrogens is 398 g/mol. The molecule has 0 saturated carbocycles. The quantitative estimate of drug-likeness (QED) is 0.546. The summed E-state index contributed by atoms with van der Waals surface area (Å²) in [5, 5.41) is 11.2. The SMILES string of the molecule is COc1ccc(-c2nnc(SCC(=O)Nc3ccccc3SC)o2)cc1OC. The van der Waals surface area contributed by atoms with Crippen LogP contribution in [0.2, 0.25) is 0 Å². The fraction of sp³-hybridized carbons (Fsp3) is 0.211. The molecule has 0 aliphatic rings. The molecule has 0 aliphatic carbocycles. The molecule has 9 heteroatoms. The number of anilines is 1. The van der Waals surface area contributed by atoms with Gasteiger partial charge in [-0.05, 0) is 36.6 Å². The highest BCUT2D eigenvalue weighted by Crippen LogP contribution is 2.32. The first-order valence-electron chi connectivity index (χ1n) is 8.26. The molecule has 0 spiro atoms. The number of carbonyl (C=O) groups is 1. The van der Waals surface area contributed by atoms with E-state index < -0.39 is 0 Å². The van der Waals surface area contributed by atoms with Gasteiger partial charge in [-0.2, -0.15) is 0 Å². The van der Waals surface area contributed by atoms with Crippen molar-refractivity contribution in [2.24, 2.45) is 0 Å². The summed E-state index contributed by atoms with van der Waals surface area (Å²) in [6.07, 6.45) is 1.97. The Hall–Kier alpha value is -2.65. The second-order valence-corrected chi connectivity index (χ2v) is 7.25. The molecule has 0 saturated heterocycles. The Bertz CT molecular complexity index is 962. The Morgan fingerprint density at radius 3 is 2.64 bits per heavy atom. The molecule has 28 heavy (non-hydrogen) atoms. The summed E-state index contributed by atoms with van der Waals surface area (Å²) in [4.78, 5) is 13.2. The van der Waals surface area contributed by atoms with Crippen molar-refractivity contribution in [1.29, 1.82) is 0 Å². The number of thioether (sulfide) groups is 2. The number of nitrogens with zero attached hydrogens (tertiary/aromatic N) is 2. The Morgan fingerprint density at radius 2 is 1.89 bits per heavy atom. The number of hydrogen-bond acceptors (Lipinski definition) is 8. The van der Waals surface area contributed by atoms with Crippen LogP contribution in [0.4, 0.5) is 5.69 Å². The van der Waals surface area contributed by atoms with E-state index in [0.717, 1.165) is 10.6 Å². The average Bonchev–Trinajstić information content (AvgIpc) is 3.21. The first-order chi connectivity index (χ1) is 13.6. The minimum atomic E-state index is -0.141. The van der Waals surface area contributed by atoms with Crippen molar-refractivity contribution in [3.05, 3.63) is 42.5 Å². The summed E-state index contributed by atoms with van der Waals surface area (Å²) >= 11 is 2.76. The molecule has 0 bridgehead atoms. The molecule has 2 aromatic carbocycles. The lowest BCUT2D eigenvalue weighted by Gasteiger charge is -2.08. The topological polar surface area (TPSA) is 86.5 Å². The lowest BCUT2D eigenvalue weighted by Crippen LogP contribution is -2.14. The lowest BCUT2D eigenvalue weighted by atomic mass is 10.2. The molecule has 1 aromatic heterocycles. The Kier molecular flexibility index (Phi) is 6.83. The van der Waals surface area contributed by atoms with Crippen LogP contribution in [-0.2, 0) is 4.79 Å². The molecule has 3 rings (SSSR count). The molecule has 0 unspecified atom stereocenters. The van der Waals surface area contributed by atoms with Crippen LogP contribution in [0.15, 0.2) is 57.0 Å². The average molecular weight is 418 g/mol. The zero-order valence-corrected chi connectivity index (χ0v) is 17.2. The van der Waals surface area contributed by atoms with E-state index in [1.165, 1.54) is 11.8 Å². The van der Waals surface area contributed by atoms with Gasteiger partial charge in [-0.25, -0.2) is 0 Å². The first kappa shape index (κ1) is 20.1.